The van der Waals surface area contributed by atoms with E-state index in [0.29, 0.717) is 0 Å². The Balaban J connectivity index is 1.56. The molecule has 1 fully saturated rings. The summed E-state index contributed by atoms with van der Waals surface area (Å²) in [6.07, 6.45) is 0. The third kappa shape index (κ3) is 3.99. The van der Waals surface area contributed by atoms with Crippen molar-refractivity contribution < 1.29 is 9.31 Å². The highest BCUT2D eigenvalue weighted by molar-refractivity contribution is 6.62. The fourth-order valence-electron chi connectivity index (χ4n) is 5.77. The highest BCUT2D eigenvalue weighted by Gasteiger charge is 2.51. The molecule has 4 heteroatoms. The van der Waals surface area contributed by atoms with Gasteiger partial charge in [0.25, 0.3) is 0 Å². The molecule has 1 aliphatic rings. The van der Waals surface area contributed by atoms with Gasteiger partial charge in [-0.2, -0.15) is 0 Å². The molecule has 5 aromatic carbocycles. The average molecular weight is 521 g/mol. The van der Waals surface area contributed by atoms with Gasteiger partial charge in [-0.1, -0.05) is 91.0 Å². The van der Waals surface area contributed by atoms with Gasteiger partial charge in [-0.3, -0.25) is 0 Å². The fourth-order valence-corrected chi connectivity index (χ4v) is 5.77. The maximum atomic E-state index is 6.46. The van der Waals surface area contributed by atoms with Crippen LogP contribution in [0.15, 0.2) is 121 Å². The van der Waals surface area contributed by atoms with Gasteiger partial charge in [0.15, 0.2) is 0 Å². The second-order valence-electron chi connectivity index (χ2n) is 11.7. The normalized spacial score (nSPS) is 16.1. The highest BCUT2D eigenvalue weighted by atomic mass is 16.7. The molecule has 6 aromatic rings. The Morgan fingerprint density at radius 2 is 1.12 bits per heavy atom. The number of hydrogen-bond acceptors (Lipinski definition) is 2. The van der Waals surface area contributed by atoms with Crippen LogP contribution in [-0.4, -0.2) is 22.9 Å². The van der Waals surface area contributed by atoms with Crippen molar-refractivity contribution in [3.8, 4) is 27.9 Å². The Hall–Kier alpha value is -4.12. The molecule has 0 N–H and O–H groups in total. The lowest BCUT2D eigenvalue weighted by Crippen LogP contribution is -2.41. The van der Waals surface area contributed by atoms with Crippen LogP contribution in [0.25, 0.3) is 49.7 Å². The SMILES string of the molecule is CC1(C)OB(c2ccc3c4cc(-c5ccccc5)cc(-c5ccccc5)c4n(-c4ccccc4)c3c2)OC1(C)C. The molecule has 1 aromatic heterocycles. The monoisotopic (exact) mass is 521 g/mol. The summed E-state index contributed by atoms with van der Waals surface area (Å²) in [5.74, 6) is 0. The van der Waals surface area contributed by atoms with Crippen LogP contribution in [0.1, 0.15) is 27.7 Å². The number of fused-ring (bicyclic) bond motifs is 3. The van der Waals surface area contributed by atoms with Gasteiger partial charge in [-0.25, -0.2) is 0 Å². The lowest BCUT2D eigenvalue weighted by Gasteiger charge is -2.32. The lowest BCUT2D eigenvalue weighted by atomic mass is 9.78. The summed E-state index contributed by atoms with van der Waals surface area (Å²) in [6, 6.07) is 43.3. The third-order valence-corrected chi connectivity index (χ3v) is 8.62. The maximum absolute atomic E-state index is 6.46. The summed E-state index contributed by atoms with van der Waals surface area (Å²) in [5.41, 5.74) is 8.48. The zero-order chi connectivity index (χ0) is 27.5. The Kier molecular flexibility index (Phi) is 5.74. The van der Waals surface area contributed by atoms with Gasteiger partial charge in [0.2, 0.25) is 0 Å². The zero-order valence-electron chi connectivity index (χ0n) is 23.4. The molecule has 196 valence electrons. The van der Waals surface area contributed by atoms with Crippen LogP contribution in [-0.2, 0) is 9.31 Å². The fraction of sp³-hybridized carbons (Fsp3) is 0.167. The van der Waals surface area contributed by atoms with E-state index in [1.54, 1.807) is 0 Å². The molecule has 0 radical (unpaired) electrons. The molecule has 0 bridgehead atoms. The quantitative estimate of drug-likeness (QED) is 0.218. The van der Waals surface area contributed by atoms with Crippen LogP contribution in [0, 0.1) is 0 Å². The first kappa shape index (κ1) is 24.9. The molecule has 2 heterocycles. The van der Waals surface area contributed by atoms with E-state index in [-0.39, 0.29) is 0 Å². The maximum Gasteiger partial charge on any atom is 0.494 e. The van der Waals surface area contributed by atoms with Crippen LogP contribution >= 0.6 is 0 Å². The van der Waals surface area contributed by atoms with Crippen molar-refractivity contribution in [2.45, 2.75) is 38.9 Å². The Morgan fingerprint density at radius 3 is 1.75 bits per heavy atom. The van der Waals surface area contributed by atoms with Gasteiger partial charge in [0, 0.05) is 22.0 Å². The predicted octanol–water partition coefficient (Wildman–Crippen LogP) is 8.42. The van der Waals surface area contributed by atoms with Crippen molar-refractivity contribution in [2.24, 2.45) is 0 Å². The van der Waals surface area contributed by atoms with E-state index in [1.807, 2.05) is 0 Å². The van der Waals surface area contributed by atoms with Crippen LogP contribution in [0.5, 0.6) is 0 Å². The van der Waals surface area contributed by atoms with E-state index < -0.39 is 18.3 Å². The van der Waals surface area contributed by atoms with E-state index in [0.717, 1.165) is 16.7 Å². The standard InChI is InChI=1S/C36H32BNO2/c1-35(2)36(3,4)40-37(39-35)28-20-21-30-32-23-27(25-14-8-5-9-15-25)22-31(26-16-10-6-11-17-26)34(32)38(33(30)24-28)29-18-12-7-13-19-29/h5-24H,1-4H3. The largest absolute Gasteiger partial charge is 0.494 e. The third-order valence-electron chi connectivity index (χ3n) is 8.62. The van der Waals surface area contributed by atoms with Crippen LogP contribution < -0.4 is 5.46 Å². The summed E-state index contributed by atoms with van der Waals surface area (Å²) in [6.45, 7) is 8.40. The minimum absolute atomic E-state index is 0.399. The van der Waals surface area contributed by atoms with Gasteiger partial charge in [0.05, 0.1) is 22.2 Å². The second-order valence-corrected chi connectivity index (χ2v) is 11.7. The molecule has 0 spiro atoms. The van der Waals surface area contributed by atoms with Crippen molar-refractivity contribution in [2.75, 3.05) is 0 Å². The minimum Gasteiger partial charge on any atom is -0.399 e. The number of rotatable bonds is 4. The van der Waals surface area contributed by atoms with Gasteiger partial charge >= 0.3 is 7.12 Å². The molecule has 0 unspecified atom stereocenters. The van der Waals surface area contributed by atoms with Crippen LogP contribution in [0.4, 0.5) is 0 Å². The lowest BCUT2D eigenvalue weighted by molar-refractivity contribution is 0.00578. The predicted molar refractivity (Wildman–Crippen MR) is 167 cm³/mol. The molecule has 0 amide bonds. The van der Waals surface area contributed by atoms with Gasteiger partial charge in [-0.05, 0) is 80.2 Å². The molecule has 3 nitrogen and oxygen atoms in total. The summed E-state index contributed by atoms with van der Waals surface area (Å²) in [4.78, 5) is 0. The Morgan fingerprint density at radius 1 is 0.550 bits per heavy atom. The Labute approximate surface area is 236 Å². The summed E-state index contributed by atoms with van der Waals surface area (Å²) >= 11 is 0. The van der Waals surface area contributed by atoms with Crippen LogP contribution in [0.2, 0.25) is 0 Å². The molecular weight excluding hydrogens is 489 g/mol. The highest BCUT2D eigenvalue weighted by Crippen LogP contribution is 2.42. The average Bonchev–Trinajstić information content (AvgIpc) is 3.42. The van der Waals surface area contributed by atoms with Crippen molar-refractivity contribution in [3.05, 3.63) is 121 Å². The number of benzene rings is 5. The first-order valence-corrected chi connectivity index (χ1v) is 14.0. The van der Waals surface area contributed by atoms with Crippen LogP contribution in [0.3, 0.4) is 0 Å². The van der Waals surface area contributed by atoms with Crippen molar-refractivity contribution in [3.63, 3.8) is 0 Å². The summed E-state index contributed by atoms with van der Waals surface area (Å²) in [7, 11) is -0.426. The first-order valence-electron chi connectivity index (χ1n) is 14.0. The smallest absolute Gasteiger partial charge is 0.399 e. The van der Waals surface area contributed by atoms with E-state index in [9.17, 15) is 0 Å². The zero-order valence-corrected chi connectivity index (χ0v) is 23.4. The molecule has 0 saturated carbocycles. The molecule has 0 aliphatic carbocycles. The molecule has 40 heavy (non-hydrogen) atoms. The molecule has 0 atom stereocenters. The molecule has 1 saturated heterocycles. The number of aromatic nitrogens is 1. The van der Waals surface area contributed by atoms with E-state index >= 15 is 0 Å². The topological polar surface area (TPSA) is 23.4 Å². The van der Waals surface area contributed by atoms with Gasteiger partial charge in [0.1, 0.15) is 0 Å². The number of hydrogen-bond donors (Lipinski definition) is 0. The van der Waals surface area contributed by atoms with E-state index in [4.69, 9.17) is 9.31 Å². The van der Waals surface area contributed by atoms with Crippen molar-refractivity contribution in [1.82, 2.24) is 4.57 Å². The molecular formula is C36H32BNO2. The Bertz CT molecular complexity index is 1820. The first-order chi connectivity index (χ1) is 19.3. The van der Waals surface area contributed by atoms with Crippen molar-refractivity contribution in [1.29, 1.82) is 0 Å². The minimum atomic E-state index is -0.426. The van der Waals surface area contributed by atoms with Gasteiger partial charge < -0.3 is 13.9 Å². The molecule has 1 aliphatic heterocycles. The van der Waals surface area contributed by atoms with Crippen molar-refractivity contribution >= 4 is 34.4 Å². The van der Waals surface area contributed by atoms with E-state index in [2.05, 4.69) is 154 Å². The second kappa shape index (κ2) is 9.23. The summed E-state index contributed by atoms with van der Waals surface area (Å²) in [5, 5.41) is 2.42. The van der Waals surface area contributed by atoms with E-state index in [1.165, 1.54) is 38.5 Å². The number of nitrogens with zero attached hydrogens (tertiary/aromatic N) is 1. The molecule has 7 rings (SSSR count). The van der Waals surface area contributed by atoms with Gasteiger partial charge in [-0.15, -0.1) is 0 Å². The number of para-hydroxylation sites is 1. The summed E-state index contributed by atoms with van der Waals surface area (Å²) < 4.78 is 15.3.